The van der Waals surface area contributed by atoms with Gasteiger partial charge in [0.05, 0.1) is 5.92 Å². The molecule has 0 saturated carbocycles. The molecule has 0 spiro atoms. The summed E-state index contributed by atoms with van der Waals surface area (Å²) in [4.78, 5) is 12.6. The second-order valence-corrected chi connectivity index (χ2v) is 8.66. The summed E-state index contributed by atoms with van der Waals surface area (Å²) in [6.07, 6.45) is 1.24. The van der Waals surface area contributed by atoms with Crippen LogP contribution in [0, 0.1) is 19.8 Å². The molecule has 26 heavy (non-hydrogen) atoms. The molecule has 2 aromatic rings. The average molecular weight is 398 g/mol. The maximum Gasteiger partial charge on any atom is 0.248 e. The molecule has 1 N–H and O–H groups in total. The summed E-state index contributed by atoms with van der Waals surface area (Å²) in [6.45, 7) is 3.67. The van der Waals surface area contributed by atoms with Crippen LogP contribution in [0.4, 0.5) is 5.69 Å². The number of halogens is 1. The molecule has 1 fully saturated rings. The molecule has 1 aromatic heterocycles. The van der Waals surface area contributed by atoms with Crippen LogP contribution in [0.5, 0.6) is 0 Å². The summed E-state index contributed by atoms with van der Waals surface area (Å²) in [5.74, 6) is -0.365. The van der Waals surface area contributed by atoms with Gasteiger partial charge >= 0.3 is 0 Å². The van der Waals surface area contributed by atoms with Gasteiger partial charge in [-0.2, -0.15) is 4.31 Å². The van der Waals surface area contributed by atoms with E-state index in [4.69, 9.17) is 16.1 Å². The molecule has 1 amide bonds. The van der Waals surface area contributed by atoms with Crippen molar-refractivity contribution in [1.82, 2.24) is 9.46 Å². The topological polar surface area (TPSA) is 92.5 Å². The molecule has 7 nitrogen and oxygen atoms in total. The van der Waals surface area contributed by atoms with Crippen LogP contribution in [0.1, 0.15) is 24.3 Å². The van der Waals surface area contributed by atoms with Gasteiger partial charge in [0.2, 0.25) is 15.9 Å². The van der Waals surface area contributed by atoms with Crippen LogP contribution >= 0.6 is 11.6 Å². The molecular weight excluding hydrogens is 378 g/mol. The van der Waals surface area contributed by atoms with E-state index >= 15 is 0 Å². The third-order valence-corrected chi connectivity index (χ3v) is 6.79. The van der Waals surface area contributed by atoms with Crippen molar-refractivity contribution in [2.75, 3.05) is 18.4 Å². The maximum absolute atomic E-state index is 12.9. The van der Waals surface area contributed by atoms with Crippen LogP contribution in [0.3, 0.4) is 0 Å². The number of piperidine rings is 1. The van der Waals surface area contributed by atoms with Gasteiger partial charge in [0.1, 0.15) is 10.6 Å². The molecule has 0 unspecified atom stereocenters. The van der Waals surface area contributed by atoms with Gasteiger partial charge in [-0.25, -0.2) is 8.42 Å². The number of rotatable bonds is 4. The van der Waals surface area contributed by atoms with Crippen LogP contribution in [-0.4, -0.2) is 36.9 Å². The Balaban J connectivity index is 1.74. The zero-order chi connectivity index (χ0) is 18.9. The van der Waals surface area contributed by atoms with Crippen LogP contribution in [0.25, 0.3) is 0 Å². The number of nitrogens with zero attached hydrogens (tertiary/aromatic N) is 2. The molecule has 0 aliphatic carbocycles. The minimum absolute atomic E-state index is 0.0938. The first-order valence-electron chi connectivity index (χ1n) is 8.28. The average Bonchev–Trinajstić information content (AvgIpc) is 2.96. The van der Waals surface area contributed by atoms with E-state index in [9.17, 15) is 13.2 Å². The predicted octanol–water partition coefficient (Wildman–Crippen LogP) is 2.98. The Morgan fingerprint density at radius 2 is 2.00 bits per heavy atom. The Morgan fingerprint density at radius 3 is 2.62 bits per heavy atom. The fraction of sp³-hybridized carbons (Fsp3) is 0.412. The summed E-state index contributed by atoms with van der Waals surface area (Å²) in [5, 5.41) is 7.12. The van der Waals surface area contributed by atoms with Gasteiger partial charge in [0, 0.05) is 23.8 Å². The lowest BCUT2D eigenvalue weighted by molar-refractivity contribution is -0.120. The van der Waals surface area contributed by atoms with Crippen molar-refractivity contribution in [2.45, 2.75) is 31.6 Å². The third-order valence-electron chi connectivity index (χ3n) is 4.43. The highest BCUT2D eigenvalue weighted by molar-refractivity contribution is 7.89. The van der Waals surface area contributed by atoms with Gasteiger partial charge in [0.15, 0.2) is 5.76 Å². The lowest BCUT2D eigenvalue weighted by atomic mass is 9.99. The molecule has 1 aromatic carbocycles. The molecule has 1 saturated heterocycles. The van der Waals surface area contributed by atoms with Crippen molar-refractivity contribution in [2.24, 2.45) is 5.92 Å². The minimum atomic E-state index is -3.75. The Morgan fingerprint density at radius 1 is 1.31 bits per heavy atom. The Hall–Kier alpha value is -1.90. The third kappa shape index (κ3) is 3.77. The van der Waals surface area contributed by atoms with Crippen LogP contribution < -0.4 is 5.32 Å². The summed E-state index contributed by atoms with van der Waals surface area (Å²) in [7, 11) is -3.75. The normalized spacial score (nSPS) is 18.7. The summed E-state index contributed by atoms with van der Waals surface area (Å²) < 4.78 is 32.2. The smallest absolute Gasteiger partial charge is 0.248 e. The number of carbonyl (C=O) groups is 1. The molecule has 2 heterocycles. The molecule has 1 atom stereocenters. The Kier molecular flexibility index (Phi) is 5.36. The fourth-order valence-corrected chi connectivity index (χ4v) is 5.07. The molecule has 9 heteroatoms. The van der Waals surface area contributed by atoms with E-state index in [0.29, 0.717) is 35.8 Å². The number of anilines is 1. The van der Waals surface area contributed by atoms with Gasteiger partial charge in [0.25, 0.3) is 0 Å². The maximum atomic E-state index is 12.9. The second-order valence-electron chi connectivity index (χ2n) is 6.35. The largest absolute Gasteiger partial charge is 0.360 e. The highest BCUT2D eigenvalue weighted by atomic mass is 35.5. The van der Waals surface area contributed by atoms with Crippen molar-refractivity contribution >= 4 is 33.2 Å². The number of sulfonamides is 1. The van der Waals surface area contributed by atoms with Crippen LogP contribution in [-0.2, 0) is 14.8 Å². The Bertz CT molecular complexity index is 889. The van der Waals surface area contributed by atoms with Gasteiger partial charge in [-0.3, -0.25) is 4.79 Å². The number of carbonyl (C=O) groups excluding carboxylic acids is 1. The lowest BCUT2D eigenvalue weighted by Crippen LogP contribution is -2.43. The standard InChI is InChI=1S/C17H20ClN3O4S/c1-11-16(12(2)25-20-11)26(23,24)21-9-3-4-13(10-21)17(22)19-15-7-5-14(18)6-8-15/h5-8,13H,3-4,9-10H2,1-2H3,(H,19,22)/t13-/m1/s1. The van der Waals surface area contributed by atoms with E-state index in [1.165, 1.54) is 4.31 Å². The quantitative estimate of drug-likeness (QED) is 0.856. The number of hydrogen-bond acceptors (Lipinski definition) is 5. The van der Waals surface area contributed by atoms with E-state index in [2.05, 4.69) is 10.5 Å². The van der Waals surface area contributed by atoms with Gasteiger partial charge < -0.3 is 9.84 Å². The van der Waals surface area contributed by atoms with E-state index in [1.54, 1.807) is 38.1 Å². The van der Waals surface area contributed by atoms with Crippen LogP contribution in [0.15, 0.2) is 33.7 Å². The second kappa shape index (κ2) is 7.38. The molecule has 1 aliphatic rings. The summed E-state index contributed by atoms with van der Waals surface area (Å²) >= 11 is 5.84. The van der Waals surface area contributed by atoms with E-state index < -0.39 is 15.9 Å². The first-order valence-corrected chi connectivity index (χ1v) is 10.1. The van der Waals surface area contributed by atoms with Gasteiger partial charge in [-0.15, -0.1) is 0 Å². The minimum Gasteiger partial charge on any atom is -0.360 e. The van der Waals surface area contributed by atoms with Crippen molar-refractivity contribution < 1.29 is 17.7 Å². The van der Waals surface area contributed by atoms with Crippen molar-refractivity contribution in [1.29, 1.82) is 0 Å². The van der Waals surface area contributed by atoms with Gasteiger partial charge in [-0.05, 0) is 51.0 Å². The zero-order valence-corrected chi connectivity index (χ0v) is 16.1. The monoisotopic (exact) mass is 397 g/mol. The zero-order valence-electron chi connectivity index (χ0n) is 14.5. The Labute approximate surface area is 157 Å². The molecule has 0 radical (unpaired) electrons. The predicted molar refractivity (Wildman–Crippen MR) is 97.5 cm³/mol. The highest BCUT2D eigenvalue weighted by Gasteiger charge is 2.36. The van der Waals surface area contributed by atoms with Crippen molar-refractivity contribution in [3.8, 4) is 0 Å². The number of benzene rings is 1. The van der Waals surface area contributed by atoms with E-state index in [-0.39, 0.29) is 23.1 Å². The SMILES string of the molecule is Cc1noc(C)c1S(=O)(=O)N1CCC[C@@H](C(=O)Nc2ccc(Cl)cc2)C1. The number of nitrogens with one attached hydrogen (secondary N) is 1. The van der Waals surface area contributed by atoms with Crippen LogP contribution in [0.2, 0.25) is 5.02 Å². The van der Waals surface area contributed by atoms with Gasteiger partial charge in [-0.1, -0.05) is 16.8 Å². The highest BCUT2D eigenvalue weighted by Crippen LogP contribution is 2.28. The fourth-order valence-electron chi connectivity index (χ4n) is 3.12. The number of aromatic nitrogens is 1. The molecule has 0 bridgehead atoms. The summed E-state index contributed by atoms with van der Waals surface area (Å²) in [5.41, 5.74) is 0.959. The lowest BCUT2D eigenvalue weighted by Gasteiger charge is -2.31. The van der Waals surface area contributed by atoms with E-state index in [1.807, 2.05) is 0 Å². The number of amides is 1. The van der Waals surface area contributed by atoms with Crippen molar-refractivity contribution in [3.63, 3.8) is 0 Å². The summed E-state index contributed by atoms with van der Waals surface area (Å²) in [6, 6.07) is 6.79. The molecule has 1 aliphatic heterocycles. The molecular formula is C17H20ClN3O4S. The van der Waals surface area contributed by atoms with E-state index in [0.717, 1.165) is 0 Å². The number of hydrogen-bond donors (Lipinski definition) is 1. The molecule has 140 valence electrons. The first kappa shape index (κ1) is 18.9. The number of aryl methyl sites for hydroxylation is 2. The molecule has 3 rings (SSSR count). The first-order chi connectivity index (χ1) is 12.3. The van der Waals surface area contributed by atoms with Crippen molar-refractivity contribution in [3.05, 3.63) is 40.7 Å².